The third-order valence-electron chi connectivity index (χ3n) is 4.65. The molecule has 0 unspecified atom stereocenters. The van der Waals surface area contributed by atoms with Gasteiger partial charge in [0.15, 0.2) is 11.5 Å². The number of ether oxygens (including phenoxy) is 3. The Morgan fingerprint density at radius 1 is 1.30 bits per heavy atom. The summed E-state index contributed by atoms with van der Waals surface area (Å²) in [5.41, 5.74) is 1.85. The second-order valence-corrected chi connectivity index (χ2v) is 7.47. The van der Waals surface area contributed by atoms with Gasteiger partial charge in [-0.2, -0.15) is 0 Å². The quantitative estimate of drug-likeness (QED) is 0.590. The number of carbonyl (C=O) groups excluding carboxylic acids is 1. The highest BCUT2D eigenvalue weighted by atomic mass is 35.5. The van der Waals surface area contributed by atoms with Crippen molar-refractivity contribution in [3.8, 4) is 11.5 Å². The molecule has 164 valence electrons. The van der Waals surface area contributed by atoms with E-state index in [0.717, 1.165) is 17.5 Å². The first-order valence-corrected chi connectivity index (χ1v) is 10.1. The maximum atomic E-state index is 11.8. The van der Waals surface area contributed by atoms with Crippen LogP contribution in [-0.2, 0) is 16.0 Å². The lowest BCUT2D eigenvalue weighted by molar-refractivity contribution is -0.153. The molecule has 1 heterocycles. The molecule has 0 aromatic heterocycles. The molecule has 8 heteroatoms. The van der Waals surface area contributed by atoms with E-state index < -0.39 is 18.2 Å². The van der Waals surface area contributed by atoms with Crippen LogP contribution in [-0.4, -0.2) is 43.0 Å². The van der Waals surface area contributed by atoms with E-state index in [4.69, 9.17) is 25.8 Å². The minimum atomic E-state index is -0.734. The summed E-state index contributed by atoms with van der Waals surface area (Å²) in [5, 5.41) is 14.3. The van der Waals surface area contributed by atoms with Crippen LogP contribution in [0.1, 0.15) is 31.1 Å². The number of hydrogen-bond acceptors (Lipinski definition) is 6. The zero-order chi connectivity index (χ0) is 20.8. The molecule has 2 N–H and O–H groups in total. The van der Waals surface area contributed by atoms with Gasteiger partial charge in [-0.3, -0.25) is 0 Å². The molecule has 3 rings (SSSR count). The van der Waals surface area contributed by atoms with Crippen LogP contribution in [0, 0.1) is 0 Å². The van der Waals surface area contributed by atoms with Crippen LogP contribution < -0.4 is 14.8 Å². The van der Waals surface area contributed by atoms with E-state index >= 15 is 0 Å². The predicted molar refractivity (Wildman–Crippen MR) is 118 cm³/mol. The van der Waals surface area contributed by atoms with Gasteiger partial charge < -0.3 is 24.6 Å². The lowest BCUT2D eigenvalue weighted by Crippen LogP contribution is -2.38. The largest absolute Gasteiger partial charge is 0.485 e. The van der Waals surface area contributed by atoms with Crippen molar-refractivity contribution in [2.45, 2.75) is 38.5 Å². The average Bonchev–Trinajstić information content (AvgIpc) is 2.71. The van der Waals surface area contributed by atoms with Crippen molar-refractivity contribution in [3.63, 3.8) is 0 Å². The van der Waals surface area contributed by atoms with Gasteiger partial charge in [-0.25, -0.2) is 4.79 Å². The molecule has 0 amide bonds. The van der Waals surface area contributed by atoms with Gasteiger partial charge >= 0.3 is 5.97 Å². The number of hydrogen-bond donors (Lipinski definition) is 2. The fourth-order valence-electron chi connectivity index (χ4n) is 3.16. The molecular formula is C22H27Cl2NO5. The van der Waals surface area contributed by atoms with E-state index in [0.29, 0.717) is 29.7 Å². The number of aliphatic hydroxyl groups is 1. The number of carbonyl (C=O) groups is 1. The van der Waals surface area contributed by atoms with E-state index in [9.17, 15) is 9.90 Å². The van der Waals surface area contributed by atoms with Gasteiger partial charge in [0.25, 0.3) is 0 Å². The van der Waals surface area contributed by atoms with Crippen LogP contribution in [0.3, 0.4) is 0 Å². The molecule has 0 bridgehead atoms. The van der Waals surface area contributed by atoms with Crippen LogP contribution >= 0.6 is 24.0 Å². The molecular weight excluding hydrogens is 429 g/mol. The molecule has 0 saturated heterocycles. The first-order valence-electron chi connectivity index (χ1n) is 9.72. The van der Waals surface area contributed by atoms with Gasteiger partial charge in [0.05, 0.1) is 12.7 Å². The Morgan fingerprint density at radius 2 is 2.10 bits per heavy atom. The molecule has 0 spiro atoms. The predicted octanol–water partition coefficient (Wildman–Crippen LogP) is 3.72. The smallest absolute Gasteiger partial charge is 0.350 e. The van der Waals surface area contributed by atoms with Crippen molar-refractivity contribution >= 4 is 30.0 Å². The van der Waals surface area contributed by atoms with Crippen LogP contribution in [0.25, 0.3) is 0 Å². The van der Waals surface area contributed by atoms with E-state index in [1.807, 2.05) is 30.3 Å². The number of nitrogens with one attached hydrogen (secondary N) is 1. The minimum absolute atomic E-state index is 0. The lowest BCUT2D eigenvalue weighted by atomic mass is 10.0. The summed E-state index contributed by atoms with van der Waals surface area (Å²) in [6.45, 7) is 4.67. The number of halogens is 2. The Morgan fingerprint density at radius 3 is 2.83 bits per heavy atom. The molecule has 2 aromatic carbocycles. The monoisotopic (exact) mass is 455 g/mol. The summed E-state index contributed by atoms with van der Waals surface area (Å²) in [4.78, 5) is 11.8. The van der Waals surface area contributed by atoms with Gasteiger partial charge in [-0.05, 0) is 55.7 Å². The Balaban J connectivity index is 0.00000320. The van der Waals surface area contributed by atoms with Gasteiger partial charge in [-0.15, -0.1) is 12.4 Å². The maximum absolute atomic E-state index is 11.8. The molecule has 0 saturated carbocycles. The van der Waals surface area contributed by atoms with E-state index in [-0.39, 0.29) is 25.1 Å². The van der Waals surface area contributed by atoms with Crippen molar-refractivity contribution in [1.82, 2.24) is 5.32 Å². The molecule has 30 heavy (non-hydrogen) atoms. The first kappa shape index (κ1) is 24.3. The van der Waals surface area contributed by atoms with Crippen LogP contribution in [0.5, 0.6) is 11.5 Å². The summed E-state index contributed by atoms with van der Waals surface area (Å²) in [6, 6.07) is 13.0. The summed E-state index contributed by atoms with van der Waals surface area (Å²) >= 11 is 5.98. The Kier molecular flexibility index (Phi) is 9.24. The number of aliphatic hydroxyl groups excluding tert-OH is 1. The summed E-state index contributed by atoms with van der Waals surface area (Å²) in [7, 11) is 0. The Labute approximate surface area is 187 Å². The highest BCUT2D eigenvalue weighted by molar-refractivity contribution is 6.30. The van der Waals surface area contributed by atoms with Gasteiger partial charge in [0.2, 0.25) is 6.10 Å². The summed E-state index contributed by atoms with van der Waals surface area (Å²) < 4.78 is 16.4. The lowest BCUT2D eigenvalue weighted by Gasteiger charge is -2.25. The van der Waals surface area contributed by atoms with Gasteiger partial charge in [0.1, 0.15) is 6.61 Å². The zero-order valence-corrected chi connectivity index (χ0v) is 18.5. The molecule has 1 aliphatic heterocycles. The maximum Gasteiger partial charge on any atom is 0.350 e. The van der Waals surface area contributed by atoms with Gasteiger partial charge in [0, 0.05) is 17.6 Å². The number of fused-ring (bicyclic) bond motifs is 1. The van der Waals surface area contributed by atoms with Crippen LogP contribution in [0.15, 0.2) is 42.5 Å². The van der Waals surface area contributed by atoms with E-state index in [1.165, 1.54) is 0 Å². The topological polar surface area (TPSA) is 77.0 Å². The third-order valence-corrected chi connectivity index (χ3v) is 4.89. The van der Waals surface area contributed by atoms with Crippen LogP contribution in [0.4, 0.5) is 0 Å². The van der Waals surface area contributed by atoms with Gasteiger partial charge in [-0.1, -0.05) is 29.8 Å². The fraction of sp³-hybridized carbons (Fsp3) is 0.409. The molecule has 3 atom stereocenters. The van der Waals surface area contributed by atoms with Crippen molar-refractivity contribution < 1.29 is 24.1 Å². The van der Waals surface area contributed by atoms with Crippen molar-refractivity contribution in [2.75, 3.05) is 19.8 Å². The molecule has 0 aliphatic carbocycles. The normalized spacial score (nSPS) is 16.9. The van der Waals surface area contributed by atoms with Crippen LogP contribution in [0.2, 0.25) is 5.02 Å². The molecule has 1 aliphatic rings. The molecule has 2 aromatic rings. The summed E-state index contributed by atoms with van der Waals surface area (Å²) in [5.74, 6) is 0.738. The summed E-state index contributed by atoms with van der Waals surface area (Å²) in [6.07, 6.45) is -0.613. The van der Waals surface area contributed by atoms with Crippen molar-refractivity contribution in [3.05, 3.63) is 58.6 Å². The first-order chi connectivity index (χ1) is 14.0. The standard InChI is InChI=1S/C22H26ClNO5.ClH/c1-3-27-22(26)21-13-28-20-10-15(7-8-19(20)29-21)9-14(2)24-12-18(25)16-5-4-6-17(23)11-16;/h4-8,10-11,14,18,21,24-25H,3,9,12-13H2,1-2H3;1H/t14-,18+,21+;/m1./s1. The highest BCUT2D eigenvalue weighted by Crippen LogP contribution is 2.33. The zero-order valence-electron chi connectivity index (χ0n) is 17.0. The molecule has 0 radical (unpaired) electrons. The fourth-order valence-corrected chi connectivity index (χ4v) is 3.36. The Bertz CT molecular complexity index is 848. The SMILES string of the molecule is CCOC(=O)[C@@H]1COc2cc(C[C@@H](C)NC[C@H](O)c3cccc(Cl)c3)ccc2O1.Cl. The average molecular weight is 456 g/mol. The molecule has 6 nitrogen and oxygen atoms in total. The third kappa shape index (κ3) is 6.51. The number of benzene rings is 2. The second-order valence-electron chi connectivity index (χ2n) is 7.03. The molecule has 0 fully saturated rings. The second kappa shape index (κ2) is 11.4. The minimum Gasteiger partial charge on any atom is -0.485 e. The van der Waals surface area contributed by atoms with E-state index in [2.05, 4.69) is 12.2 Å². The highest BCUT2D eigenvalue weighted by Gasteiger charge is 2.28. The Hall–Kier alpha value is -1.99. The number of rotatable bonds is 8. The van der Waals surface area contributed by atoms with Crippen molar-refractivity contribution in [2.24, 2.45) is 0 Å². The van der Waals surface area contributed by atoms with E-state index in [1.54, 1.807) is 19.1 Å². The number of esters is 1. The van der Waals surface area contributed by atoms with Crippen molar-refractivity contribution in [1.29, 1.82) is 0 Å².